The number of nitrogens with zero attached hydrogens (tertiary/aromatic N) is 3. The van der Waals surface area contributed by atoms with Crippen molar-refractivity contribution in [2.75, 3.05) is 0 Å². The van der Waals surface area contributed by atoms with E-state index in [1.54, 1.807) is 48.7 Å². The molecule has 156 valence electrons. The lowest BCUT2D eigenvalue weighted by Gasteiger charge is -2.13. The molecule has 0 N–H and O–H groups in total. The van der Waals surface area contributed by atoms with E-state index in [0.717, 1.165) is 5.39 Å². The van der Waals surface area contributed by atoms with Crippen molar-refractivity contribution in [3.63, 3.8) is 0 Å². The summed E-state index contributed by atoms with van der Waals surface area (Å²) in [7, 11) is -5.59. The van der Waals surface area contributed by atoms with Crippen LogP contribution >= 0.6 is 11.6 Å². The van der Waals surface area contributed by atoms with Gasteiger partial charge < -0.3 is 0 Å². The van der Waals surface area contributed by atoms with E-state index in [2.05, 4.69) is 41.1 Å². The first-order valence-electron chi connectivity index (χ1n) is 9.64. The van der Waals surface area contributed by atoms with Gasteiger partial charge in [-0.05, 0) is 35.9 Å². The molecule has 0 amide bonds. The standard InChI is InChI=1S/C23H20ClN3O2SSi/c1-31(2,3)14-13-18-16-25-23(24)26-22(18)21-15-17-9-7-8-12-20(17)27(21)30(28,29)19-10-5-4-6-11-19/h4-12,15-16H,1-3H3. The van der Waals surface area contributed by atoms with Crippen molar-refractivity contribution in [2.24, 2.45) is 0 Å². The third-order valence-corrected chi connectivity index (χ3v) is 7.32. The largest absolute Gasteiger partial charge is 0.268 e. The van der Waals surface area contributed by atoms with Gasteiger partial charge in [0.25, 0.3) is 10.0 Å². The average Bonchev–Trinajstić information content (AvgIpc) is 3.13. The van der Waals surface area contributed by atoms with Crippen LogP contribution in [-0.2, 0) is 10.0 Å². The highest BCUT2D eigenvalue weighted by atomic mass is 35.5. The second kappa shape index (κ2) is 7.97. The molecule has 8 heteroatoms. The monoisotopic (exact) mass is 465 g/mol. The molecule has 0 aliphatic heterocycles. The number of hydrogen-bond donors (Lipinski definition) is 0. The Bertz CT molecular complexity index is 1450. The molecule has 0 aliphatic carbocycles. The Morgan fingerprint density at radius 1 is 1.00 bits per heavy atom. The summed E-state index contributed by atoms with van der Waals surface area (Å²) in [6.45, 7) is 6.40. The molecule has 0 aliphatic rings. The van der Waals surface area contributed by atoms with Crippen LogP contribution in [0.25, 0.3) is 22.3 Å². The van der Waals surface area contributed by atoms with Gasteiger partial charge in [-0.15, -0.1) is 5.54 Å². The SMILES string of the molecule is C[Si](C)(C)C#Cc1cnc(Cl)nc1-c1cc2ccccc2n1S(=O)(=O)c1ccccc1. The lowest BCUT2D eigenvalue weighted by atomic mass is 10.2. The van der Waals surface area contributed by atoms with E-state index < -0.39 is 18.1 Å². The van der Waals surface area contributed by atoms with Crippen molar-refractivity contribution in [1.82, 2.24) is 13.9 Å². The molecule has 0 unspecified atom stereocenters. The summed E-state index contributed by atoms with van der Waals surface area (Å²) in [5.74, 6) is 3.16. The molecule has 4 rings (SSSR count). The normalized spacial score (nSPS) is 11.9. The Morgan fingerprint density at radius 3 is 2.39 bits per heavy atom. The smallest absolute Gasteiger partial charge is 0.232 e. The quantitative estimate of drug-likeness (QED) is 0.236. The molecule has 0 fully saturated rings. The minimum absolute atomic E-state index is 0.0301. The topological polar surface area (TPSA) is 64.8 Å². The molecule has 0 saturated heterocycles. The minimum atomic E-state index is -3.90. The van der Waals surface area contributed by atoms with E-state index in [-0.39, 0.29) is 10.2 Å². The first-order chi connectivity index (χ1) is 14.7. The van der Waals surface area contributed by atoms with Crippen LogP contribution in [0.5, 0.6) is 0 Å². The van der Waals surface area contributed by atoms with E-state index in [1.165, 1.54) is 3.97 Å². The van der Waals surface area contributed by atoms with E-state index in [1.807, 2.05) is 18.2 Å². The number of hydrogen-bond acceptors (Lipinski definition) is 4. The minimum Gasteiger partial charge on any atom is -0.232 e. The molecule has 2 aromatic heterocycles. The van der Waals surface area contributed by atoms with Crippen molar-refractivity contribution in [1.29, 1.82) is 0 Å². The van der Waals surface area contributed by atoms with E-state index in [4.69, 9.17) is 11.6 Å². The Labute approximate surface area is 187 Å². The fraction of sp³-hybridized carbons (Fsp3) is 0.130. The van der Waals surface area contributed by atoms with Crippen LogP contribution in [-0.4, -0.2) is 30.4 Å². The van der Waals surface area contributed by atoms with Gasteiger partial charge in [0, 0.05) is 11.6 Å². The van der Waals surface area contributed by atoms with Gasteiger partial charge in [-0.25, -0.2) is 22.4 Å². The van der Waals surface area contributed by atoms with Gasteiger partial charge in [0.1, 0.15) is 13.8 Å². The number of para-hydroxylation sites is 1. The maximum Gasteiger partial charge on any atom is 0.268 e. The fourth-order valence-electron chi connectivity index (χ4n) is 3.15. The van der Waals surface area contributed by atoms with Gasteiger partial charge in [0.15, 0.2) is 0 Å². The molecule has 0 saturated carbocycles. The van der Waals surface area contributed by atoms with Crippen molar-refractivity contribution in [3.8, 4) is 22.9 Å². The summed E-state index contributed by atoms with van der Waals surface area (Å²) < 4.78 is 28.7. The van der Waals surface area contributed by atoms with E-state index >= 15 is 0 Å². The first kappa shape index (κ1) is 21.3. The molecule has 2 aromatic carbocycles. The maximum absolute atomic E-state index is 13.7. The van der Waals surface area contributed by atoms with Crippen LogP contribution in [0.3, 0.4) is 0 Å². The number of halogens is 1. The van der Waals surface area contributed by atoms with E-state index in [9.17, 15) is 8.42 Å². The van der Waals surface area contributed by atoms with Crippen molar-refractivity contribution >= 4 is 40.6 Å². The molecule has 0 spiro atoms. The molecular formula is C23H20ClN3O2SSi. The average molecular weight is 466 g/mol. The molecule has 0 bridgehead atoms. The van der Waals surface area contributed by atoms with Crippen molar-refractivity contribution in [2.45, 2.75) is 24.5 Å². The van der Waals surface area contributed by atoms with Crippen LogP contribution in [0.15, 0.2) is 71.8 Å². The van der Waals surface area contributed by atoms with Crippen LogP contribution in [0.4, 0.5) is 0 Å². The van der Waals surface area contributed by atoms with Crippen molar-refractivity contribution in [3.05, 3.63) is 77.7 Å². The van der Waals surface area contributed by atoms with Crippen LogP contribution in [0.1, 0.15) is 5.56 Å². The molecule has 31 heavy (non-hydrogen) atoms. The van der Waals surface area contributed by atoms with Crippen LogP contribution in [0.2, 0.25) is 24.9 Å². The third kappa shape index (κ3) is 4.28. The number of fused-ring (bicyclic) bond motifs is 1. The number of benzene rings is 2. The highest BCUT2D eigenvalue weighted by Gasteiger charge is 2.25. The Balaban J connectivity index is 2.07. The predicted molar refractivity (Wildman–Crippen MR) is 127 cm³/mol. The van der Waals surface area contributed by atoms with Crippen LogP contribution in [0, 0.1) is 11.5 Å². The lowest BCUT2D eigenvalue weighted by Crippen LogP contribution is -2.17. The molecule has 2 heterocycles. The molecule has 0 radical (unpaired) electrons. The second-order valence-corrected chi connectivity index (χ2v) is 14.9. The van der Waals surface area contributed by atoms with Gasteiger partial charge in [-0.3, -0.25) is 0 Å². The summed E-state index contributed by atoms with van der Waals surface area (Å²) in [5, 5.41) is 0.804. The van der Waals surface area contributed by atoms with E-state index in [0.29, 0.717) is 22.5 Å². The summed E-state index contributed by atoms with van der Waals surface area (Å²) >= 11 is 6.12. The molecular weight excluding hydrogens is 446 g/mol. The highest BCUT2D eigenvalue weighted by molar-refractivity contribution is 7.90. The van der Waals surface area contributed by atoms with Gasteiger partial charge in [0.2, 0.25) is 5.28 Å². The van der Waals surface area contributed by atoms with Gasteiger partial charge in [-0.2, -0.15) is 0 Å². The third-order valence-electron chi connectivity index (χ3n) is 4.52. The summed E-state index contributed by atoms with van der Waals surface area (Å²) in [4.78, 5) is 8.66. The van der Waals surface area contributed by atoms with Crippen LogP contribution < -0.4 is 0 Å². The summed E-state index contributed by atoms with van der Waals surface area (Å²) in [5.41, 5.74) is 5.18. The number of aromatic nitrogens is 3. The summed E-state index contributed by atoms with van der Waals surface area (Å²) in [6.07, 6.45) is 1.55. The zero-order valence-electron chi connectivity index (χ0n) is 17.3. The van der Waals surface area contributed by atoms with Gasteiger partial charge in [0.05, 0.1) is 21.7 Å². The Hall–Kier alpha value is -2.92. The summed E-state index contributed by atoms with van der Waals surface area (Å²) in [6, 6.07) is 17.4. The highest BCUT2D eigenvalue weighted by Crippen LogP contribution is 2.33. The Morgan fingerprint density at radius 2 is 1.68 bits per heavy atom. The first-order valence-corrected chi connectivity index (χ1v) is 15.0. The Kier molecular flexibility index (Phi) is 5.48. The van der Waals surface area contributed by atoms with Crippen molar-refractivity contribution < 1.29 is 8.42 Å². The van der Waals surface area contributed by atoms with Gasteiger partial charge >= 0.3 is 0 Å². The van der Waals surface area contributed by atoms with Gasteiger partial charge in [-0.1, -0.05) is 62.0 Å². The number of rotatable bonds is 3. The zero-order valence-corrected chi connectivity index (χ0v) is 19.9. The molecule has 5 nitrogen and oxygen atoms in total. The maximum atomic E-state index is 13.7. The molecule has 4 aromatic rings. The zero-order chi connectivity index (χ0) is 22.2. The lowest BCUT2D eigenvalue weighted by molar-refractivity contribution is 0.589. The second-order valence-electron chi connectivity index (χ2n) is 8.07. The predicted octanol–water partition coefficient (Wildman–Crippen LogP) is 5.22. The molecule has 0 atom stereocenters. The fourth-order valence-corrected chi connectivity index (χ4v) is 5.33.